The maximum atomic E-state index is 6.16. The summed E-state index contributed by atoms with van der Waals surface area (Å²) in [5.41, 5.74) is 0. The van der Waals surface area contributed by atoms with Crippen molar-refractivity contribution in [2.24, 2.45) is 0 Å². The van der Waals surface area contributed by atoms with E-state index < -0.39 is 16.6 Å². The largest absolute Gasteiger partial charge is 0.415 e. The van der Waals surface area contributed by atoms with E-state index in [4.69, 9.17) is 8.85 Å². The smallest absolute Gasteiger partial charge is 0.189 e. The highest BCUT2D eigenvalue weighted by Gasteiger charge is 2.44. The Morgan fingerprint density at radius 3 is 1.06 bits per heavy atom. The van der Waals surface area contributed by atoms with Crippen molar-refractivity contribution >= 4 is 16.6 Å². The first-order valence-electron chi connectivity index (χ1n) is 6.34. The van der Waals surface area contributed by atoms with Crippen molar-refractivity contribution in [1.29, 1.82) is 0 Å². The van der Waals surface area contributed by atoms with Gasteiger partial charge >= 0.3 is 0 Å². The molecule has 98 valence electrons. The second-order valence-electron chi connectivity index (χ2n) is 6.26. The van der Waals surface area contributed by atoms with Crippen LogP contribution in [-0.2, 0) is 8.85 Å². The average molecular weight is 263 g/mol. The Labute approximate surface area is 104 Å². The van der Waals surface area contributed by atoms with Crippen LogP contribution in [0.4, 0.5) is 0 Å². The van der Waals surface area contributed by atoms with E-state index in [1.165, 1.54) is 0 Å². The van der Waals surface area contributed by atoms with Crippen LogP contribution in [0.1, 0.15) is 34.6 Å². The van der Waals surface area contributed by atoms with E-state index in [0.29, 0.717) is 17.4 Å². The summed E-state index contributed by atoms with van der Waals surface area (Å²) in [5.74, 6) is 0. The van der Waals surface area contributed by atoms with Crippen LogP contribution in [0.15, 0.2) is 0 Å². The van der Waals surface area contributed by atoms with Crippen molar-refractivity contribution in [1.82, 2.24) is 0 Å². The lowest BCUT2D eigenvalue weighted by Crippen LogP contribution is -2.51. The third kappa shape index (κ3) is 5.12. The molecule has 0 saturated carbocycles. The molecule has 0 aliphatic heterocycles. The lowest BCUT2D eigenvalue weighted by atomic mass is 10.5. The fourth-order valence-corrected chi connectivity index (χ4v) is 12.2. The highest BCUT2D eigenvalue weighted by molar-refractivity contribution is 6.91. The zero-order chi connectivity index (χ0) is 13.1. The SMILES string of the molecule is CC(C)O[Si](C)(C)C(C)[Si](C)(C)OC(C)C. The predicted molar refractivity (Wildman–Crippen MR) is 76.8 cm³/mol. The van der Waals surface area contributed by atoms with Gasteiger partial charge < -0.3 is 8.85 Å². The van der Waals surface area contributed by atoms with Gasteiger partial charge in [-0.1, -0.05) is 6.92 Å². The molecule has 0 saturated heterocycles. The summed E-state index contributed by atoms with van der Waals surface area (Å²) in [6.45, 7) is 20.1. The molecule has 2 nitrogen and oxygen atoms in total. The fourth-order valence-electron chi connectivity index (χ4n) is 2.26. The molecular weight excluding hydrogens is 232 g/mol. The van der Waals surface area contributed by atoms with Gasteiger partial charge in [0.05, 0.1) is 0 Å². The normalized spacial score (nSPS) is 14.2. The van der Waals surface area contributed by atoms with E-state index in [1.54, 1.807) is 0 Å². The third-order valence-electron chi connectivity index (χ3n) is 3.16. The molecule has 0 rings (SSSR count). The summed E-state index contributed by atoms with van der Waals surface area (Å²) < 4.78 is 12.3. The van der Waals surface area contributed by atoms with Crippen molar-refractivity contribution in [3.05, 3.63) is 0 Å². The fraction of sp³-hybridized carbons (Fsp3) is 1.00. The molecule has 0 radical (unpaired) electrons. The van der Waals surface area contributed by atoms with Crippen LogP contribution in [0.25, 0.3) is 0 Å². The standard InChI is InChI=1S/C12H30O2Si2/c1-10(2)13-15(6,7)12(5)16(8,9)14-11(3)4/h10-12H,1-9H3. The zero-order valence-electron chi connectivity index (χ0n) is 12.5. The van der Waals surface area contributed by atoms with Crippen LogP contribution in [0, 0.1) is 0 Å². The maximum Gasteiger partial charge on any atom is 0.189 e. The molecule has 0 aliphatic carbocycles. The number of hydrogen-bond acceptors (Lipinski definition) is 2. The van der Waals surface area contributed by atoms with Crippen LogP contribution in [0.3, 0.4) is 0 Å². The molecular formula is C12H30O2Si2. The van der Waals surface area contributed by atoms with Gasteiger partial charge in [-0.2, -0.15) is 0 Å². The second-order valence-corrected chi connectivity index (χ2v) is 15.5. The van der Waals surface area contributed by atoms with E-state index in [0.717, 1.165) is 0 Å². The summed E-state index contributed by atoms with van der Waals surface area (Å²) in [5, 5.41) is 0.602. The molecule has 0 atom stereocenters. The molecule has 0 amide bonds. The lowest BCUT2D eigenvalue weighted by Gasteiger charge is -2.40. The lowest BCUT2D eigenvalue weighted by molar-refractivity contribution is 0.213. The topological polar surface area (TPSA) is 18.5 Å². The molecule has 0 fully saturated rings. The monoisotopic (exact) mass is 262 g/mol. The van der Waals surface area contributed by atoms with Gasteiger partial charge in [-0.05, 0) is 59.0 Å². The van der Waals surface area contributed by atoms with Crippen molar-refractivity contribution in [2.75, 3.05) is 0 Å². The molecule has 0 bridgehead atoms. The van der Waals surface area contributed by atoms with Crippen molar-refractivity contribution in [2.45, 2.75) is 78.2 Å². The quantitative estimate of drug-likeness (QED) is 0.669. The Morgan fingerprint density at radius 2 is 0.875 bits per heavy atom. The maximum absolute atomic E-state index is 6.16. The molecule has 0 aromatic carbocycles. The van der Waals surface area contributed by atoms with Crippen LogP contribution >= 0.6 is 0 Å². The van der Waals surface area contributed by atoms with Crippen LogP contribution in [0.2, 0.25) is 31.4 Å². The third-order valence-corrected chi connectivity index (χ3v) is 13.7. The van der Waals surface area contributed by atoms with E-state index >= 15 is 0 Å². The molecule has 0 aliphatic rings. The first-order chi connectivity index (χ1) is 6.99. The molecule has 0 unspecified atom stereocenters. The Balaban J connectivity index is 4.68. The van der Waals surface area contributed by atoms with E-state index in [9.17, 15) is 0 Å². The van der Waals surface area contributed by atoms with Crippen molar-refractivity contribution in [3.8, 4) is 0 Å². The van der Waals surface area contributed by atoms with E-state index in [-0.39, 0.29) is 0 Å². The zero-order valence-corrected chi connectivity index (χ0v) is 14.5. The molecule has 0 heterocycles. The number of hydrogen-bond donors (Lipinski definition) is 0. The minimum absolute atomic E-state index is 0.327. The van der Waals surface area contributed by atoms with Gasteiger partial charge in [0.15, 0.2) is 16.6 Å². The summed E-state index contributed by atoms with van der Waals surface area (Å²) in [6.07, 6.45) is 0.654. The predicted octanol–water partition coefficient (Wildman–Crippen LogP) is 4.18. The van der Waals surface area contributed by atoms with E-state index in [2.05, 4.69) is 60.8 Å². The van der Waals surface area contributed by atoms with Gasteiger partial charge in [0.2, 0.25) is 0 Å². The molecule has 4 heteroatoms. The minimum Gasteiger partial charge on any atom is -0.415 e. The summed E-state index contributed by atoms with van der Waals surface area (Å²) in [6, 6.07) is 0. The Bertz CT molecular complexity index is 191. The summed E-state index contributed by atoms with van der Waals surface area (Å²) in [7, 11) is -3.27. The van der Waals surface area contributed by atoms with Crippen LogP contribution in [-0.4, -0.2) is 28.8 Å². The molecule has 0 aromatic rings. The Hall–Kier alpha value is 0.354. The van der Waals surface area contributed by atoms with Crippen LogP contribution in [0.5, 0.6) is 0 Å². The van der Waals surface area contributed by atoms with Gasteiger partial charge in [0.25, 0.3) is 0 Å². The summed E-state index contributed by atoms with van der Waals surface area (Å²) in [4.78, 5) is 0. The molecule has 0 N–H and O–H groups in total. The highest BCUT2D eigenvalue weighted by atomic mass is 28.4. The van der Waals surface area contributed by atoms with Gasteiger partial charge in [-0.25, -0.2) is 0 Å². The average Bonchev–Trinajstić information content (AvgIpc) is 1.97. The van der Waals surface area contributed by atoms with Crippen LogP contribution < -0.4 is 0 Å². The van der Waals surface area contributed by atoms with E-state index in [1.807, 2.05) is 0 Å². The summed E-state index contributed by atoms with van der Waals surface area (Å²) >= 11 is 0. The highest BCUT2D eigenvalue weighted by Crippen LogP contribution is 2.34. The minimum atomic E-state index is -1.64. The molecule has 0 aromatic heterocycles. The van der Waals surface area contributed by atoms with Gasteiger partial charge in [-0.15, -0.1) is 0 Å². The van der Waals surface area contributed by atoms with Crippen molar-refractivity contribution < 1.29 is 8.85 Å². The number of rotatable bonds is 6. The first-order valence-corrected chi connectivity index (χ1v) is 12.3. The molecule has 16 heavy (non-hydrogen) atoms. The van der Waals surface area contributed by atoms with Gasteiger partial charge in [0, 0.05) is 12.2 Å². The van der Waals surface area contributed by atoms with Gasteiger partial charge in [-0.3, -0.25) is 0 Å². The Morgan fingerprint density at radius 1 is 0.625 bits per heavy atom. The first kappa shape index (κ1) is 16.4. The molecule has 0 spiro atoms. The van der Waals surface area contributed by atoms with Gasteiger partial charge in [0.1, 0.15) is 0 Å². The Kier molecular flexibility index (Phi) is 5.93. The second kappa shape index (κ2) is 5.80. The van der Waals surface area contributed by atoms with Crippen molar-refractivity contribution in [3.63, 3.8) is 0 Å².